The van der Waals surface area contributed by atoms with Crippen LogP contribution in [0.5, 0.6) is 0 Å². The van der Waals surface area contributed by atoms with Gasteiger partial charge in [-0.05, 0) is 28.1 Å². The number of halogens is 2. The van der Waals surface area contributed by atoms with Gasteiger partial charge in [-0.15, -0.1) is 0 Å². The van der Waals surface area contributed by atoms with Crippen molar-refractivity contribution in [1.29, 1.82) is 5.26 Å². The van der Waals surface area contributed by atoms with E-state index in [-0.39, 0.29) is 16.5 Å². The lowest BCUT2D eigenvalue weighted by Crippen LogP contribution is -1.99. The van der Waals surface area contributed by atoms with E-state index >= 15 is 0 Å². The molecule has 0 atom stereocenters. The summed E-state index contributed by atoms with van der Waals surface area (Å²) < 4.78 is 13.3. The summed E-state index contributed by atoms with van der Waals surface area (Å²) >= 11 is 2.84. The maximum Gasteiger partial charge on any atom is 0.310 e. The summed E-state index contributed by atoms with van der Waals surface area (Å²) in [5.41, 5.74) is -0.556. The number of hydrogen-bond donors (Lipinski definition) is 0. The first kappa shape index (κ1) is 10.6. The van der Waals surface area contributed by atoms with Crippen LogP contribution in [0.2, 0.25) is 0 Å². The summed E-state index contributed by atoms with van der Waals surface area (Å²) in [4.78, 5) is 9.68. The van der Waals surface area contributed by atoms with Crippen LogP contribution in [-0.4, -0.2) is 4.92 Å². The molecule has 0 saturated carbocycles. The minimum atomic E-state index is -0.942. The first-order chi connectivity index (χ1) is 6.57. The van der Waals surface area contributed by atoms with Crippen molar-refractivity contribution in [3.8, 4) is 6.07 Å². The maximum atomic E-state index is 13.2. The molecule has 0 aromatic heterocycles. The van der Waals surface area contributed by atoms with Crippen LogP contribution in [0.25, 0.3) is 0 Å². The van der Waals surface area contributed by atoms with Gasteiger partial charge >= 0.3 is 5.69 Å². The molecule has 0 aliphatic heterocycles. The second kappa shape index (κ2) is 4.15. The van der Waals surface area contributed by atoms with E-state index in [1.54, 1.807) is 6.07 Å². The third-order valence-corrected chi connectivity index (χ3v) is 2.22. The molecule has 0 amide bonds. The predicted molar refractivity (Wildman–Crippen MR) is 50.1 cm³/mol. The summed E-state index contributed by atoms with van der Waals surface area (Å²) in [6.45, 7) is 0. The van der Waals surface area contributed by atoms with Crippen LogP contribution < -0.4 is 0 Å². The van der Waals surface area contributed by atoms with Gasteiger partial charge < -0.3 is 0 Å². The van der Waals surface area contributed by atoms with Gasteiger partial charge in [0.2, 0.25) is 5.82 Å². The van der Waals surface area contributed by atoms with Gasteiger partial charge in [-0.1, -0.05) is 0 Å². The average molecular weight is 259 g/mol. The Morgan fingerprint density at radius 3 is 2.79 bits per heavy atom. The smallest absolute Gasteiger partial charge is 0.258 e. The van der Waals surface area contributed by atoms with Crippen molar-refractivity contribution in [2.24, 2.45) is 0 Å². The highest BCUT2D eigenvalue weighted by Crippen LogP contribution is 2.28. The van der Waals surface area contributed by atoms with Gasteiger partial charge in [-0.2, -0.15) is 9.65 Å². The van der Waals surface area contributed by atoms with Crippen LogP contribution in [-0.2, 0) is 6.42 Å². The van der Waals surface area contributed by atoms with Gasteiger partial charge in [0.1, 0.15) is 0 Å². The minimum absolute atomic E-state index is 0.0193. The van der Waals surface area contributed by atoms with Crippen molar-refractivity contribution in [3.63, 3.8) is 0 Å². The monoisotopic (exact) mass is 258 g/mol. The molecule has 6 heteroatoms. The van der Waals surface area contributed by atoms with Gasteiger partial charge in [0, 0.05) is 5.56 Å². The summed E-state index contributed by atoms with van der Waals surface area (Å²) in [6, 6.07) is 4.44. The largest absolute Gasteiger partial charge is 0.310 e. The Labute approximate surface area is 87.2 Å². The fourth-order valence-electron chi connectivity index (χ4n) is 1.01. The van der Waals surface area contributed by atoms with Crippen LogP contribution >= 0.6 is 15.9 Å². The molecule has 72 valence electrons. The molecule has 0 heterocycles. The van der Waals surface area contributed by atoms with Crippen molar-refractivity contribution >= 4 is 21.6 Å². The normalized spacial score (nSPS) is 9.50. The third kappa shape index (κ3) is 1.88. The van der Waals surface area contributed by atoms with Crippen molar-refractivity contribution in [2.45, 2.75) is 6.42 Å². The Kier molecular flexibility index (Phi) is 3.14. The molecule has 0 aliphatic rings. The number of nitrogens with zero attached hydrogens (tertiary/aromatic N) is 2. The summed E-state index contributed by atoms with van der Waals surface area (Å²) in [5, 5.41) is 18.9. The van der Waals surface area contributed by atoms with Gasteiger partial charge in [-0.25, -0.2) is 0 Å². The van der Waals surface area contributed by atoms with Gasteiger partial charge in [-0.3, -0.25) is 10.1 Å². The molecule has 4 nitrogen and oxygen atoms in total. The molecule has 0 spiro atoms. The van der Waals surface area contributed by atoms with Crippen LogP contribution in [0.1, 0.15) is 5.56 Å². The molecular weight excluding hydrogens is 255 g/mol. The standard InChI is InChI=1S/C8H4BrFN2O2/c9-6-2-1-5(3-4-11)8(7(6)10)12(13)14/h1-2H,3H2. The van der Waals surface area contributed by atoms with Crippen LogP contribution in [0.3, 0.4) is 0 Å². The molecule has 0 fully saturated rings. The quantitative estimate of drug-likeness (QED) is 0.605. The second-order valence-electron chi connectivity index (χ2n) is 2.46. The summed E-state index contributed by atoms with van der Waals surface area (Å²) in [5.74, 6) is -0.942. The molecular formula is C8H4BrFN2O2. The van der Waals surface area contributed by atoms with E-state index in [4.69, 9.17) is 5.26 Å². The molecule has 0 N–H and O–H groups in total. The highest BCUT2D eigenvalue weighted by molar-refractivity contribution is 9.10. The molecule has 1 rings (SSSR count). The number of benzene rings is 1. The van der Waals surface area contributed by atoms with Crippen molar-refractivity contribution in [1.82, 2.24) is 0 Å². The lowest BCUT2D eigenvalue weighted by molar-refractivity contribution is -0.388. The number of rotatable bonds is 2. The number of hydrogen-bond acceptors (Lipinski definition) is 3. The third-order valence-electron chi connectivity index (χ3n) is 1.60. The number of nitro benzene ring substituents is 1. The molecule has 0 unspecified atom stereocenters. The van der Waals surface area contributed by atoms with Crippen LogP contribution in [0.15, 0.2) is 16.6 Å². The molecule has 1 aromatic carbocycles. The van der Waals surface area contributed by atoms with E-state index < -0.39 is 16.4 Å². The molecule has 0 saturated heterocycles. The maximum absolute atomic E-state index is 13.2. The highest BCUT2D eigenvalue weighted by atomic mass is 79.9. The summed E-state index contributed by atoms with van der Waals surface area (Å²) in [6.07, 6.45) is -0.180. The minimum Gasteiger partial charge on any atom is -0.258 e. The average Bonchev–Trinajstić information content (AvgIpc) is 2.11. The van der Waals surface area contributed by atoms with Crippen molar-refractivity contribution in [2.75, 3.05) is 0 Å². The Bertz CT molecular complexity index is 428. The SMILES string of the molecule is N#CCc1ccc(Br)c(F)c1[N+](=O)[O-]. The predicted octanol–water partition coefficient (Wildman–Crippen LogP) is 2.56. The zero-order valence-corrected chi connectivity index (χ0v) is 8.41. The van der Waals surface area contributed by atoms with E-state index in [1.807, 2.05) is 0 Å². The summed E-state index contributed by atoms with van der Waals surface area (Å²) in [7, 11) is 0. The topological polar surface area (TPSA) is 66.9 Å². The van der Waals surface area contributed by atoms with Gasteiger partial charge in [0.15, 0.2) is 0 Å². The number of nitro groups is 1. The Balaban J connectivity index is 3.39. The van der Waals surface area contributed by atoms with E-state index in [2.05, 4.69) is 15.9 Å². The zero-order chi connectivity index (χ0) is 10.7. The zero-order valence-electron chi connectivity index (χ0n) is 6.83. The van der Waals surface area contributed by atoms with E-state index in [1.165, 1.54) is 12.1 Å². The van der Waals surface area contributed by atoms with Crippen molar-refractivity contribution < 1.29 is 9.31 Å². The Morgan fingerprint density at radius 1 is 1.64 bits per heavy atom. The molecule has 1 aromatic rings. The lowest BCUT2D eigenvalue weighted by Gasteiger charge is -2.00. The first-order valence-corrected chi connectivity index (χ1v) is 4.35. The number of nitriles is 1. The highest BCUT2D eigenvalue weighted by Gasteiger charge is 2.22. The molecule has 0 radical (unpaired) electrons. The van der Waals surface area contributed by atoms with E-state index in [0.29, 0.717) is 0 Å². The van der Waals surface area contributed by atoms with Crippen LogP contribution in [0, 0.1) is 27.3 Å². The lowest BCUT2D eigenvalue weighted by atomic mass is 10.1. The molecule has 0 aliphatic carbocycles. The Hall–Kier alpha value is -1.48. The first-order valence-electron chi connectivity index (χ1n) is 3.56. The van der Waals surface area contributed by atoms with E-state index in [9.17, 15) is 14.5 Å². The molecule has 14 heavy (non-hydrogen) atoms. The fraction of sp³-hybridized carbons (Fsp3) is 0.125. The fourth-order valence-corrected chi connectivity index (χ4v) is 1.33. The second-order valence-corrected chi connectivity index (χ2v) is 3.32. The van der Waals surface area contributed by atoms with Crippen LogP contribution in [0.4, 0.5) is 10.1 Å². The Morgan fingerprint density at radius 2 is 2.29 bits per heavy atom. The van der Waals surface area contributed by atoms with E-state index in [0.717, 1.165) is 0 Å². The molecule has 0 bridgehead atoms. The van der Waals surface area contributed by atoms with Gasteiger partial charge in [0.25, 0.3) is 0 Å². The van der Waals surface area contributed by atoms with Crippen molar-refractivity contribution in [3.05, 3.63) is 38.1 Å². The van der Waals surface area contributed by atoms with Gasteiger partial charge in [0.05, 0.1) is 21.9 Å².